The Kier molecular flexibility index (Phi) is 3.90. The first-order valence-electron chi connectivity index (χ1n) is 5.42. The summed E-state index contributed by atoms with van der Waals surface area (Å²) in [6.07, 6.45) is 3.59. The van der Waals surface area contributed by atoms with Gasteiger partial charge >= 0.3 is 6.03 Å². The third-order valence-corrected chi connectivity index (χ3v) is 3.33. The van der Waals surface area contributed by atoms with Crippen molar-refractivity contribution in [3.63, 3.8) is 0 Å². The maximum atomic E-state index is 11.6. The summed E-state index contributed by atoms with van der Waals surface area (Å²) < 4.78 is 0. The number of nitrogens with two attached hydrogens (primary N) is 1. The highest BCUT2D eigenvalue weighted by atomic mass is 32.1. The van der Waals surface area contributed by atoms with Gasteiger partial charge in [-0.2, -0.15) is 0 Å². The van der Waals surface area contributed by atoms with Gasteiger partial charge in [-0.15, -0.1) is 0 Å². The molecule has 0 heterocycles. The van der Waals surface area contributed by atoms with Gasteiger partial charge in [0.15, 0.2) is 0 Å². The number of amides is 2. The van der Waals surface area contributed by atoms with E-state index in [-0.39, 0.29) is 6.03 Å². The maximum absolute atomic E-state index is 11.6. The SMILES string of the molecule is CCC(CC)(NC(=O)NC1CC1)C(N)=S. The lowest BCUT2D eigenvalue weighted by Crippen LogP contribution is -2.58. The zero-order valence-corrected chi connectivity index (χ0v) is 10.1. The number of rotatable bonds is 5. The summed E-state index contributed by atoms with van der Waals surface area (Å²) in [7, 11) is 0. The Hall–Kier alpha value is -0.840. The van der Waals surface area contributed by atoms with Crippen molar-refractivity contribution in [3.8, 4) is 0 Å². The van der Waals surface area contributed by atoms with Crippen molar-refractivity contribution in [1.29, 1.82) is 0 Å². The number of carbonyl (C=O) groups excluding carboxylic acids is 1. The van der Waals surface area contributed by atoms with Crippen LogP contribution in [0.5, 0.6) is 0 Å². The predicted octanol–water partition coefficient (Wildman–Crippen LogP) is 1.29. The highest BCUT2D eigenvalue weighted by Gasteiger charge is 2.33. The first kappa shape index (κ1) is 12.2. The van der Waals surface area contributed by atoms with Crippen LogP contribution in [0.1, 0.15) is 39.5 Å². The molecule has 15 heavy (non-hydrogen) atoms. The number of nitrogens with one attached hydrogen (secondary N) is 2. The van der Waals surface area contributed by atoms with E-state index in [0.29, 0.717) is 11.0 Å². The normalized spacial score (nSPS) is 15.9. The molecule has 0 bridgehead atoms. The summed E-state index contributed by atoms with van der Waals surface area (Å²) in [5, 5.41) is 5.75. The molecule has 1 aliphatic rings. The molecule has 0 saturated heterocycles. The zero-order chi connectivity index (χ0) is 11.5. The first-order chi connectivity index (χ1) is 7.04. The molecule has 0 aromatic rings. The van der Waals surface area contributed by atoms with E-state index in [1.807, 2.05) is 13.8 Å². The molecule has 2 amide bonds. The summed E-state index contributed by atoms with van der Waals surface area (Å²) in [5.74, 6) is 0. The molecule has 1 fully saturated rings. The van der Waals surface area contributed by atoms with Crippen LogP contribution in [0.15, 0.2) is 0 Å². The number of hydrogen-bond acceptors (Lipinski definition) is 2. The maximum Gasteiger partial charge on any atom is 0.315 e. The molecule has 1 aliphatic carbocycles. The standard InChI is InChI=1S/C10H19N3OS/c1-3-10(4-2,8(11)15)13-9(14)12-7-5-6-7/h7H,3-6H2,1-2H3,(H2,11,15)(H2,12,13,14). The van der Waals surface area contributed by atoms with E-state index in [4.69, 9.17) is 18.0 Å². The fraction of sp³-hybridized carbons (Fsp3) is 0.800. The van der Waals surface area contributed by atoms with Gasteiger partial charge in [0.25, 0.3) is 0 Å². The van der Waals surface area contributed by atoms with Gasteiger partial charge in [-0.1, -0.05) is 26.1 Å². The van der Waals surface area contributed by atoms with E-state index in [0.717, 1.165) is 25.7 Å². The average molecular weight is 229 g/mol. The molecule has 0 aromatic heterocycles. The van der Waals surface area contributed by atoms with Gasteiger partial charge in [0.05, 0.1) is 10.5 Å². The van der Waals surface area contributed by atoms with Crippen LogP contribution in [0, 0.1) is 0 Å². The van der Waals surface area contributed by atoms with Crippen LogP contribution in [-0.4, -0.2) is 22.6 Å². The predicted molar refractivity (Wildman–Crippen MR) is 64.8 cm³/mol. The molecule has 0 aliphatic heterocycles. The molecule has 0 atom stereocenters. The lowest BCUT2D eigenvalue weighted by atomic mass is 9.93. The minimum atomic E-state index is -0.533. The van der Waals surface area contributed by atoms with Crippen molar-refractivity contribution >= 4 is 23.2 Å². The smallest absolute Gasteiger partial charge is 0.315 e. The van der Waals surface area contributed by atoms with Crippen molar-refractivity contribution in [2.75, 3.05) is 0 Å². The monoisotopic (exact) mass is 229 g/mol. The largest absolute Gasteiger partial charge is 0.391 e. The molecule has 1 saturated carbocycles. The third kappa shape index (κ3) is 3.06. The van der Waals surface area contributed by atoms with Gasteiger partial charge < -0.3 is 16.4 Å². The Morgan fingerprint density at radius 3 is 2.33 bits per heavy atom. The summed E-state index contributed by atoms with van der Waals surface area (Å²) in [4.78, 5) is 12.0. The third-order valence-electron chi connectivity index (χ3n) is 2.94. The highest BCUT2D eigenvalue weighted by Crippen LogP contribution is 2.19. The second-order valence-electron chi connectivity index (χ2n) is 4.03. The Bertz CT molecular complexity index is 259. The minimum absolute atomic E-state index is 0.158. The van der Waals surface area contributed by atoms with Crippen LogP contribution < -0.4 is 16.4 Å². The van der Waals surface area contributed by atoms with Crippen LogP contribution in [0.4, 0.5) is 4.79 Å². The second kappa shape index (κ2) is 4.79. The zero-order valence-electron chi connectivity index (χ0n) is 9.30. The Morgan fingerprint density at radius 1 is 1.47 bits per heavy atom. The van der Waals surface area contributed by atoms with Crippen LogP contribution in [0.2, 0.25) is 0 Å². The fourth-order valence-corrected chi connectivity index (χ4v) is 1.84. The van der Waals surface area contributed by atoms with Crippen molar-refractivity contribution < 1.29 is 4.79 Å². The fourth-order valence-electron chi connectivity index (χ4n) is 1.50. The lowest BCUT2D eigenvalue weighted by molar-refractivity contribution is 0.231. The number of thiocarbonyl (C=S) groups is 1. The molecule has 0 aromatic carbocycles. The van der Waals surface area contributed by atoms with Gasteiger partial charge in [0.2, 0.25) is 0 Å². The molecular weight excluding hydrogens is 210 g/mol. The second-order valence-corrected chi connectivity index (χ2v) is 4.47. The number of carbonyl (C=O) groups is 1. The molecule has 0 spiro atoms. The lowest BCUT2D eigenvalue weighted by Gasteiger charge is -2.31. The first-order valence-corrected chi connectivity index (χ1v) is 5.83. The van der Waals surface area contributed by atoms with Gasteiger partial charge in [0.1, 0.15) is 0 Å². The topological polar surface area (TPSA) is 67.2 Å². The van der Waals surface area contributed by atoms with Gasteiger partial charge in [-0.05, 0) is 25.7 Å². The van der Waals surface area contributed by atoms with E-state index < -0.39 is 5.54 Å². The van der Waals surface area contributed by atoms with Gasteiger partial charge in [-0.3, -0.25) is 0 Å². The van der Waals surface area contributed by atoms with Crippen molar-refractivity contribution in [2.24, 2.45) is 5.73 Å². The Labute approximate surface area is 96.0 Å². The summed E-state index contributed by atoms with van der Waals surface area (Å²) >= 11 is 5.01. The molecule has 0 unspecified atom stereocenters. The number of hydrogen-bond donors (Lipinski definition) is 3. The Morgan fingerprint density at radius 2 is 2.00 bits per heavy atom. The van der Waals surface area contributed by atoms with Crippen LogP contribution in [0.25, 0.3) is 0 Å². The van der Waals surface area contributed by atoms with Crippen molar-refractivity contribution in [2.45, 2.75) is 51.1 Å². The van der Waals surface area contributed by atoms with Crippen LogP contribution in [0.3, 0.4) is 0 Å². The van der Waals surface area contributed by atoms with E-state index in [1.54, 1.807) is 0 Å². The summed E-state index contributed by atoms with van der Waals surface area (Å²) in [6, 6.07) is 0.191. The van der Waals surface area contributed by atoms with Crippen molar-refractivity contribution in [3.05, 3.63) is 0 Å². The van der Waals surface area contributed by atoms with Gasteiger partial charge in [-0.25, -0.2) is 4.79 Å². The van der Waals surface area contributed by atoms with Gasteiger partial charge in [0, 0.05) is 6.04 Å². The molecule has 4 N–H and O–H groups in total. The van der Waals surface area contributed by atoms with E-state index >= 15 is 0 Å². The Balaban J connectivity index is 2.55. The van der Waals surface area contributed by atoms with Crippen LogP contribution >= 0.6 is 12.2 Å². The van der Waals surface area contributed by atoms with Crippen molar-refractivity contribution in [1.82, 2.24) is 10.6 Å². The summed E-state index contributed by atoms with van der Waals surface area (Å²) in [6.45, 7) is 3.94. The number of urea groups is 1. The van der Waals surface area contributed by atoms with E-state index in [9.17, 15) is 4.79 Å². The molecular formula is C10H19N3OS. The highest BCUT2D eigenvalue weighted by molar-refractivity contribution is 7.80. The van der Waals surface area contributed by atoms with Crippen LogP contribution in [-0.2, 0) is 0 Å². The molecule has 1 rings (SSSR count). The minimum Gasteiger partial charge on any atom is -0.391 e. The molecule has 0 radical (unpaired) electrons. The quantitative estimate of drug-likeness (QED) is 0.622. The average Bonchev–Trinajstić information content (AvgIpc) is 2.97. The van der Waals surface area contributed by atoms with E-state index in [2.05, 4.69) is 10.6 Å². The molecule has 5 heteroatoms. The molecule has 4 nitrogen and oxygen atoms in total. The summed E-state index contributed by atoms with van der Waals surface area (Å²) in [5.41, 5.74) is 5.14. The molecule has 86 valence electrons. The van der Waals surface area contributed by atoms with E-state index in [1.165, 1.54) is 0 Å².